The standard InChI is InChI=1S/C14H20BrNO3/c1-12(2,3)10-7-9(16(18)19)8-14(15,11(10)17)13(4,5)6/h7-8H,1-6H3. The molecule has 0 amide bonds. The van der Waals surface area contributed by atoms with E-state index in [1.165, 1.54) is 12.2 Å². The average molecular weight is 330 g/mol. The van der Waals surface area contributed by atoms with Crippen LogP contribution in [-0.2, 0) is 4.79 Å². The summed E-state index contributed by atoms with van der Waals surface area (Å²) in [6.07, 6.45) is 2.82. The number of halogens is 1. The Morgan fingerprint density at radius 1 is 1.21 bits per heavy atom. The number of ketones is 1. The van der Waals surface area contributed by atoms with Gasteiger partial charge in [0, 0.05) is 17.7 Å². The van der Waals surface area contributed by atoms with Crippen molar-refractivity contribution < 1.29 is 9.72 Å². The summed E-state index contributed by atoms with van der Waals surface area (Å²) in [6.45, 7) is 11.3. The SMILES string of the molecule is CC(C)(C)C1=CC([N+](=O)[O-])=CC(Br)(C(C)(C)C)C1=O. The number of nitrogens with zero attached hydrogens (tertiary/aromatic N) is 1. The Bertz CT molecular complexity index is 492. The highest BCUT2D eigenvalue weighted by Crippen LogP contribution is 2.47. The fraction of sp³-hybridized carbons (Fsp3) is 0.643. The summed E-state index contributed by atoms with van der Waals surface area (Å²) in [6, 6.07) is 0. The van der Waals surface area contributed by atoms with Crippen LogP contribution in [0.2, 0.25) is 0 Å². The Morgan fingerprint density at radius 3 is 2.00 bits per heavy atom. The van der Waals surface area contributed by atoms with Crippen molar-refractivity contribution in [3.05, 3.63) is 33.5 Å². The molecule has 0 bridgehead atoms. The van der Waals surface area contributed by atoms with Crippen molar-refractivity contribution in [2.24, 2.45) is 10.8 Å². The second-order valence-electron chi connectivity index (χ2n) is 6.93. The molecule has 0 aromatic heterocycles. The Morgan fingerprint density at radius 2 is 1.68 bits per heavy atom. The van der Waals surface area contributed by atoms with Crippen LogP contribution in [0, 0.1) is 20.9 Å². The summed E-state index contributed by atoms with van der Waals surface area (Å²) < 4.78 is -1.04. The molecule has 0 heterocycles. The molecule has 0 saturated carbocycles. The highest BCUT2D eigenvalue weighted by atomic mass is 79.9. The third-order valence-electron chi connectivity index (χ3n) is 3.32. The molecule has 0 fully saturated rings. The number of hydrogen-bond acceptors (Lipinski definition) is 3. The third-order valence-corrected chi connectivity index (χ3v) is 5.10. The molecule has 1 atom stereocenters. The van der Waals surface area contributed by atoms with Crippen molar-refractivity contribution in [3.8, 4) is 0 Å². The average Bonchev–Trinajstić information content (AvgIpc) is 2.18. The first kappa shape index (κ1) is 16.1. The zero-order chi connectivity index (χ0) is 15.2. The Kier molecular flexibility index (Phi) is 3.85. The quantitative estimate of drug-likeness (QED) is 0.416. The van der Waals surface area contributed by atoms with Gasteiger partial charge in [-0.3, -0.25) is 14.9 Å². The molecule has 106 valence electrons. The van der Waals surface area contributed by atoms with Crippen molar-refractivity contribution in [1.82, 2.24) is 0 Å². The van der Waals surface area contributed by atoms with Crippen LogP contribution in [0.25, 0.3) is 0 Å². The van der Waals surface area contributed by atoms with Gasteiger partial charge in [-0.2, -0.15) is 0 Å². The van der Waals surface area contributed by atoms with Gasteiger partial charge in [0.15, 0.2) is 5.78 Å². The van der Waals surface area contributed by atoms with Crippen molar-refractivity contribution in [2.45, 2.75) is 45.9 Å². The van der Waals surface area contributed by atoms with Crippen LogP contribution >= 0.6 is 15.9 Å². The number of rotatable bonds is 1. The summed E-state index contributed by atoms with van der Waals surface area (Å²) in [5, 5.41) is 11.1. The molecule has 0 aliphatic heterocycles. The molecule has 1 aliphatic carbocycles. The first-order chi connectivity index (χ1) is 8.30. The first-order valence-electron chi connectivity index (χ1n) is 6.14. The van der Waals surface area contributed by atoms with Crippen molar-refractivity contribution >= 4 is 21.7 Å². The third kappa shape index (κ3) is 2.81. The number of carbonyl (C=O) groups is 1. The number of carbonyl (C=O) groups excluding carboxylic acids is 1. The smallest absolute Gasteiger partial charge is 0.267 e. The Hall–Kier alpha value is -0.970. The van der Waals surface area contributed by atoms with Gasteiger partial charge >= 0.3 is 0 Å². The van der Waals surface area contributed by atoms with E-state index in [2.05, 4.69) is 15.9 Å². The van der Waals surface area contributed by atoms with E-state index in [1.807, 2.05) is 41.5 Å². The topological polar surface area (TPSA) is 60.2 Å². The normalized spacial score (nSPS) is 24.9. The lowest BCUT2D eigenvalue weighted by Gasteiger charge is -2.40. The van der Waals surface area contributed by atoms with Crippen LogP contribution in [0.5, 0.6) is 0 Å². The fourth-order valence-corrected chi connectivity index (χ4v) is 2.39. The van der Waals surface area contributed by atoms with Gasteiger partial charge in [-0.1, -0.05) is 57.5 Å². The van der Waals surface area contributed by atoms with E-state index in [0.29, 0.717) is 5.57 Å². The summed E-state index contributed by atoms with van der Waals surface area (Å²) in [7, 11) is 0. The van der Waals surface area contributed by atoms with Crippen LogP contribution in [0.3, 0.4) is 0 Å². The summed E-state index contributed by atoms with van der Waals surface area (Å²) >= 11 is 3.45. The Labute approximate surface area is 122 Å². The lowest BCUT2D eigenvalue weighted by atomic mass is 9.69. The van der Waals surface area contributed by atoms with E-state index in [1.54, 1.807) is 0 Å². The van der Waals surface area contributed by atoms with Crippen LogP contribution in [0.15, 0.2) is 23.4 Å². The van der Waals surface area contributed by atoms with E-state index in [4.69, 9.17) is 0 Å². The highest BCUT2D eigenvalue weighted by Gasteiger charge is 2.51. The van der Waals surface area contributed by atoms with Gasteiger partial charge < -0.3 is 0 Å². The molecular weight excluding hydrogens is 310 g/mol. The van der Waals surface area contributed by atoms with Gasteiger partial charge in [-0.05, 0) is 10.8 Å². The minimum Gasteiger partial charge on any atom is -0.293 e. The molecule has 0 spiro atoms. The number of allylic oxidation sites excluding steroid dienone is 3. The summed E-state index contributed by atoms with van der Waals surface area (Å²) in [5.41, 5.74) is -0.447. The fourth-order valence-electron chi connectivity index (χ4n) is 1.94. The maximum Gasteiger partial charge on any atom is 0.267 e. The summed E-state index contributed by atoms with van der Waals surface area (Å²) in [4.78, 5) is 23.4. The van der Waals surface area contributed by atoms with Gasteiger partial charge in [-0.25, -0.2) is 0 Å². The lowest BCUT2D eigenvalue weighted by Crippen LogP contribution is -2.47. The van der Waals surface area contributed by atoms with Gasteiger partial charge in [-0.15, -0.1) is 0 Å². The minimum absolute atomic E-state index is 0.0312. The van der Waals surface area contributed by atoms with Crippen molar-refractivity contribution in [3.63, 3.8) is 0 Å². The van der Waals surface area contributed by atoms with Gasteiger partial charge in [0.25, 0.3) is 5.70 Å². The first-order valence-corrected chi connectivity index (χ1v) is 6.93. The molecular formula is C14H20BrNO3. The lowest BCUT2D eigenvalue weighted by molar-refractivity contribution is -0.419. The van der Waals surface area contributed by atoms with Gasteiger partial charge in [0.2, 0.25) is 0 Å². The molecule has 0 aromatic rings. The molecule has 0 aromatic carbocycles. The molecule has 0 N–H and O–H groups in total. The van der Waals surface area contributed by atoms with Crippen molar-refractivity contribution in [2.75, 3.05) is 0 Å². The number of alkyl halides is 1. The van der Waals surface area contributed by atoms with E-state index in [0.717, 1.165) is 0 Å². The monoisotopic (exact) mass is 329 g/mol. The van der Waals surface area contributed by atoms with Gasteiger partial charge in [0.05, 0.1) is 4.92 Å². The second kappa shape index (κ2) is 4.54. The maximum atomic E-state index is 12.7. The minimum atomic E-state index is -1.04. The molecule has 0 saturated heterocycles. The Balaban J connectivity index is 3.54. The molecule has 1 unspecified atom stereocenters. The molecule has 1 aliphatic rings. The molecule has 19 heavy (non-hydrogen) atoms. The molecule has 5 heteroatoms. The van der Waals surface area contributed by atoms with Gasteiger partial charge in [0.1, 0.15) is 4.32 Å². The number of nitro groups is 1. The molecule has 1 rings (SSSR count). The number of hydrogen-bond donors (Lipinski definition) is 0. The van der Waals surface area contributed by atoms with Crippen LogP contribution in [0.4, 0.5) is 0 Å². The largest absolute Gasteiger partial charge is 0.293 e. The molecule has 0 radical (unpaired) electrons. The van der Waals surface area contributed by atoms with Crippen LogP contribution < -0.4 is 0 Å². The number of Topliss-reactive ketones (excluding diaryl/α,β-unsaturated/α-hetero) is 1. The summed E-state index contributed by atoms with van der Waals surface area (Å²) in [5.74, 6) is -0.0990. The molecule has 4 nitrogen and oxygen atoms in total. The van der Waals surface area contributed by atoms with E-state index >= 15 is 0 Å². The van der Waals surface area contributed by atoms with E-state index in [-0.39, 0.29) is 11.5 Å². The zero-order valence-corrected chi connectivity index (χ0v) is 13.8. The maximum absolute atomic E-state index is 12.7. The van der Waals surface area contributed by atoms with E-state index in [9.17, 15) is 14.9 Å². The van der Waals surface area contributed by atoms with Crippen molar-refractivity contribution in [1.29, 1.82) is 0 Å². The predicted octanol–water partition coefficient (Wildman–Crippen LogP) is 3.88. The van der Waals surface area contributed by atoms with Crippen LogP contribution in [0.1, 0.15) is 41.5 Å². The van der Waals surface area contributed by atoms with E-state index < -0.39 is 20.1 Å². The predicted molar refractivity (Wildman–Crippen MR) is 78.7 cm³/mol. The van der Waals surface area contributed by atoms with Crippen LogP contribution in [-0.4, -0.2) is 15.0 Å². The highest BCUT2D eigenvalue weighted by molar-refractivity contribution is 9.10. The zero-order valence-electron chi connectivity index (χ0n) is 12.2. The second-order valence-corrected chi connectivity index (χ2v) is 8.18.